The molecule has 144 valence electrons. The Morgan fingerprint density at radius 3 is 1.21 bits per heavy atom. The fraction of sp³-hybridized carbons (Fsp3) is 0.111. The average molecular weight is 396 g/mol. The van der Waals surface area contributed by atoms with E-state index in [0.717, 1.165) is 6.16 Å². The quantitative estimate of drug-likeness (QED) is 0.402. The van der Waals surface area contributed by atoms with Crippen LogP contribution in [0.3, 0.4) is 0 Å². The summed E-state index contributed by atoms with van der Waals surface area (Å²) >= 11 is 0. The zero-order valence-electron chi connectivity index (χ0n) is 16.6. The fourth-order valence-corrected chi connectivity index (χ4v) is 10.1. The van der Waals surface area contributed by atoms with Crippen LogP contribution in [0.1, 0.15) is 11.1 Å². The van der Waals surface area contributed by atoms with E-state index in [1.165, 1.54) is 21.7 Å². The Bertz CT molecular complexity index is 1020. The fourth-order valence-electron chi connectivity index (χ4n) is 4.89. The van der Waals surface area contributed by atoms with Crippen molar-refractivity contribution in [2.24, 2.45) is 0 Å². The van der Waals surface area contributed by atoms with E-state index in [-0.39, 0.29) is 0 Å². The van der Waals surface area contributed by atoms with Gasteiger partial charge in [0.15, 0.2) is 0 Å². The first kappa shape index (κ1) is 18.3. The number of benzene rings is 4. The molecule has 4 aromatic rings. The van der Waals surface area contributed by atoms with Crippen LogP contribution in [-0.4, -0.2) is 12.8 Å². The van der Waals surface area contributed by atoms with E-state index in [1.54, 1.807) is 0 Å². The van der Waals surface area contributed by atoms with Crippen LogP contribution in [0.5, 0.6) is 0 Å². The van der Waals surface area contributed by atoms with Crippen LogP contribution in [0, 0.1) is 0 Å². The molecule has 1 saturated heterocycles. The van der Waals surface area contributed by atoms with Crippen molar-refractivity contribution < 1.29 is 4.52 Å². The molecular formula is C27H25OP. The molecule has 0 saturated carbocycles. The first-order valence-electron chi connectivity index (χ1n) is 10.1. The molecule has 0 bridgehead atoms. The summed E-state index contributed by atoms with van der Waals surface area (Å²) in [4.78, 5) is 0. The summed E-state index contributed by atoms with van der Waals surface area (Å²) in [5.74, 6) is 0. The molecule has 1 nitrogen and oxygen atoms in total. The van der Waals surface area contributed by atoms with Gasteiger partial charge in [-0.1, -0.05) is 0 Å². The van der Waals surface area contributed by atoms with Gasteiger partial charge < -0.3 is 0 Å². The van der Waals surface area contributed by atoms with Gasteiger partial charge in [0, 0.05) is 0 Å². The maximum absolute atomic E-state index is 7.38. The molecule has 0 aromatic heterocycles. The Balaban J connectivity index is 1.73. The van der Waals surface area contributed by atoms with Crippen molar-refractivity contribution in [1.29, 1.82) is 0 Å². The molecule has 1 aliphatic heterocycles. The molecule has 5 rings (SSSR count). The van der Waals surface area contributed by atoms with Crippen LogP contribution in [0.15, 0.2) is 121 Å². The van der Waals surface area contributed by atoms with E-state index >= 15 is 0 Å². The Morgan fingerprint density at radius 1 is 0.552 bits per heavy atom. The third-order valence-corrected chi connectivity index (χ3v) is 11.7. The third-order valence-electron chi connectivity index (χ3n) is 6.35. The summed E-state index contributed by atoms with van der Waals surface area (Å²) in [6, 6.07) is 43.0. The predicted octanol–water partition coefficient (Wildman–Crippen LogP) is 5.71. The molecule has 0 amide bonds. The van der Waals surface area contributed by atoms with Crippen molar-refractivity contribution >= 4 is 17.4 Å². The molecule has 0 aliphatic carbocycles. The second kappa shape index (κ2) is 6.66. The zero-order chi connectivity index (χ0) is 19.8. The Morgan fingerprint density at radius 2 is 0.862 bits per heavy atom. The van der Waals surface area contributed by atoms with E-state index in [2.05, 4.69) is 128 Å². The molecular weight excluding hydrogens is 371 g/mol. The molecule has 0 unspecified atom stereocenters. The number of hydrogen-bond donors (Lipinski definition) is 0. The minimum atomic E-state index is -2.80. The Kier molecular flexibility index (Phi) is 4.21. The first-order chi connectivity index (χ1) is 14.1. The molecule has 4 aromatic carbocycles. The maximum atomic E-state index is 7.38. The Hall–Kier alpha value is -2.73. The summed E-state index contributed by atoms with van der Waals surface area (Å²) < 4.78 is 7.38. The molecule has 0 spiro atoms. The van der Waals surface area contributed by atoms with E-state index in [0.29, 0.717) is 0 Å². The zero-order valence-corrected chi connectivity index (χ0v) is 17.5. The summed E-state index contributed by atoms with van der Waals surface area (Å²) in [7, 11) is 0. The van der Waals surface area contributed by atoms with Gasteiger partial charge in [-0.05, 0) is 0 Å². The van der Waals surface area contributed by atoms with Gasteiger partial charge in [-0.25, -0.2) is 0 Å². The molecule has 29 heavy (non-hydrogen) atoms. The monoisotopic (exact) mass is 396 g/mol. The van der Waals surface area contributed by atoms with Crippen LogP contribution in [0.4, 0.5) is 0 Å². The standard InChI is InChI=1S/C27H25OP/c1-29(25-18-10-4-11-19-25,26-20-12-5-13-21-26)22-27(28-29,23-14-6-2-7-15-23)24-16-8-3-9-17-24/h2-21H,22H2,1H3. The van der Waals surface area contributed by atoms with Gasteiger partial charge in [0.05, 0.1) is 0 Å². The van der Waals surface area contributed by atoms with Gasteiger partial charge in [-0.3, -0.25) is 0 Å². The van der Waals surface area contributed by atoms with Crippen molar-refractivity contribution in [2.45, 2.75) is 5.60 Å². The topological polar surface area (TPSA) is 9.23 Å². The van der Waals surface area contributed by atoms with Crippen molar-refractivity contribution in [2.75, 3.05) is 12.8 Å². The van der Waals surface area contributed by atoms with Gasteiger partial charge in [-0.2, -0.15) is 0 Å². The van der Waals surface area contributed by atoms with E-state index in [1.807, 2.05) is 0 Å². The van der Waals surface area contributed by atoms with Crippen LogP contribution in [0.25, 0.3) is 0 Å². The van der Waals surface area contributed by atoms with E-state index in [4.69, 9.17) is 4.52 Å². The Labute approximate surface area is 173 Å². The van der Waals surface area contributed by atoms with Gasteiger partial charge in [-0.15, -0.1) is 0 Å². The van der Waals surface area contributed by atoms with E-state index < -0.39 is 12.4 Å². The number of hydrogen-bond acceptors (Lipinski definition) is 1. The summed E-state index contributed by atoms with van der Waals surface area (Å²) in [5, 5.41) is 2.62. The molecule has 0 atom stereocenters. The van der Waals surface area contributed by atoms with Crippen LogP contribution < -0.4 is 10.6 Å². The normalized spacial score (nSPS) is 20.0. The van der Waals surface area contributed by atoms with Crippen LogP contribution in [-0.2, 0) is 10.1 Å². The molecule has 0 radical (unpaired) electrons. The molecule has 1 heterocycles. The summed E-state index contributed by atoms with van der Waals surface area (Å²) in [6.45, 7) is -0.426. The van der Waals surface area contributed by atoms with Crippen molar-refractivity contribution in [3.8, 4) is 0 Å². The second-order valence-electron chi connectivity index (χ2n) is 8.17. The second-order valence-corrected chi connectivity index (χ2v) is 13.1. The SMILES string of the molecule is CP1(c2ccccc2)(c2ccccc2)CC(c2ccccc2)(c2ccccc2)O1. The molecule has 0 N–H and O–H groups in total. The van der Waals surface area contributed by atoms with Gasteiger partial charge in [0.25, 0.3) is 0 Å². The van der Waals surface area contributed by atoms with Crippen LogP contribution in [0.2, 0.25) is 0 Å². The van der Waals surface area contributed by atoms with Gasteiger partial charge >= 0.3 is 173 Å². The van der Waals surface area contributed by atoms with E-state index in [9.17, 15) is 0 Å². The van der Waals surface area contributed by atoms with Crippen molar-refractivity contribution in [3.63, 3.8) is 0 Å². The van der Waals surface area contributed by atoms with Gasteiger partial charge in [0.1, 0.15) is 0 Å². The van der Waals surface area contributed by atoms with Crippen LogP contribution >= 0.6 is 6.83 Å². The number of rotatable bonds is 4. The van der Waals surface area contributed by atoms with Crippen molar-refractivity contribution in [3.05, 3.63) is 132 Å². The molecule has 1 aliphatic rings. The van der Waals surface area contributed by atoms with Crippen molar-refractivity contribution in [1.82, 2.24) is 0 Å². The van der Waals surface area contributed by atoms with Gasteiger partial charge in [0.2, 0.25) is 0 Å². The third kappa shape index (κ3) is 2.69. The average Bonchev–Trinajstić information content (AvgIpc) is 2.79. The first-order valence-corrected chi connectivity index (χ1v) is 12.9. The predicted molar refractivity (Wildman–Crippen MR) is 125 cm³/mol. The summed E-state index contributed by atoms with van der Waals surface area (Å²) in [5.41, 5.74) is 2.01. The minimum absolute atomic E-state index is 0.430. The summed E-state index contributed by atoms with van der Waals surface area (Å²) in [6.07, 6.45) is 0.959. The molecule has 1 fully saturated rings. The molecule has 2 heteroatoms.